The first-order valence-electron chi connectivity index (χ1n) is 12.0. The molecule has 0 amide bonds. The molecule has 0 N–H and O–H groups in total. The normalized spacial score (nSPS) is 18.3. The molecule has 1 aliphatic carbocycles. The van der Waals surface area contributed by atoms with Gasteiger partial charge < -0.3 is 0 Å². The minimum absolute atomic E-state index is 0.207. The Balaban J connectivity index is 1.33. The average molecular weight is 426 g/mol. The molecule has 3 aromatic rings. The molecule has 0 unspecified atom stereocenters. The van der Waals surface area contributed by atoms with E-state index in [9.17, 15) is 4.39 Å². The predicted octanol–water partition coefficient (Wildman–Crippen LogP) is 8.22. The second-order valence-corrected chi connectivity index (χ2v) is 9.25. The van der Waals surface area contributed by atoms with E-state index >= 15 is 0 Å². The van der Waals surface area contributed by atoms with Crippen LogP contribution in [-0.2, 0) is 12.8 Å². The van der Waals surface area contributed by atoms with Gasteiger partial charge in [-0.3, -0.25) is 0 Å². The number of aryl methyl sites for hydroxylation is 2. The third-order valence-electron chi connectivity index (χ3n) is 7.06. The molecule has 4 rings (SSSR count). The Morgan fingerprint density at radius 3 is 2.12 bits per heavy atom. The molecule has 1 nitrogen and oxygen atoms in total. The van der Waals surface area contributed by atoms with Crippen molar-refractivity contribution < 1.29 is 4.39 Å². The lowest BCUT2D eigenvalue weighted by Crippen LogP contribution is -2.13. The van der Waals surface area contributed by atoms with Gasteiger partial charge in [-0.15, -0.1) is 0 Å². The number of hydrogen-bond acceptors (Lipinski definition) is 1. The van der Waals surface area contributed by atoms with Gasteiger partial charge in [-0.25, -0.2) is 4.39 Å². The summed E-state index contributed by atoms with van der Waals surface area (Å²) in [5.41, 5.74) is 5.77. The molecule has 0 radical (unpaired) electrons. The number of rotatable bonds is 7. The second kappa shape index (κ2) is 10.6. The molecule has 1 fully saturated rings. The Morgan fingerprint density at radius 2 is 1.50 bits per heavy atom. The zero-order chi connectivity index (χ0) is 22.3. The lowest BCUT2D eigenvalue weighted by molar-refractivity contribution is 0.308. The molecule has 1 aliphatic rings. The van der Waals surface area contributed by atoms with Crippen LogP contribution in [0.25, 0.3) is 11.1 Å². The molecule has 0 atom stereocenters. The van der Waals surface area contributed by atoms with Crippen molar-refractivity contribution in [3.8, 4) is 17.2 Å². The van der Waals surface area contributed by atoms with Gasteiger partial charge in [-0.1, -0.05) is 68.3 Å². The summed E-state index contributed by atoms with van der Waals surface area (Å²) in [6.07, 6.45) is 9.86. The van der Waals surface area contributed by atoms with E-state index in [1.54, 1.807) is 30.3 Å². The fourth-order valence-corrected chi connectivity index (χ4v) is 5.11. The minimum Gasteiger partial charge on any atom is -0.206 e. The molecule has 164 valence electrons. The molecule has 0 aliphatic heterocycles. The van der Waals surface area contributed by atoms with Crippen molar-refractivity contribution in [2.45, 2.75) is 64.2 Å². The first-order valence-corrected chi connectivity index (χ1v) is 12.0. The van der Waals surface area contributed by atoms with Crippen molar-refractivity contribution in [1.82, 2.24) is 0 Å². The van der Waals surface area contributed by atoms with E-state index in [2.05, 4.69) is 37.3 Å². The van der Waals surface area contributed by atoms with Gasteiger partial charge in [-0.05, 0) is 90.8 Å². The van der Waals surface area contributed by atoms with Gasteiger partial charge in [-0.2, -0.15) is 5.26 Å². The van der Waals surface area contributed by atoms with Crippen LogP contribution in [-0.4, -0.2) is 0 Å². The number of benzene rings is 3. The van der Waals surface area contributed by atoms with E-state index in [1.807, 2.05) is 12.1 Å². The molecule has 3 aromatic carbocycles. The van der Waals surface area contributed by atoms with Crippen LogP contribution >= 0.6 is 0 Å². The topological polar surface area (TPSA) is 23.8 Å². The average Bonchev–Trinajstić information content (AvgIpc) is 2.84. The van der Waals surface area contributed by atoms with Gasteiger partial charge in [0.1, 0.15) is 5.82 Å². The Labute approximate surface area is 191 Å². The highest BCUT2D eigenvalue weighted by Crippen LogP contribution is 2.37. The quantitative estimate of drug-likeness (QED) is 0.374. The second-order valence-electron chi connectivity index (χ2n) is 9.25. The first kappa shape index (κ1) is 22.3. The summed E-state index contributed by atoms with van der Waals surface area (Å²) >= 11 is 0. The molecule has 0 saturated heterocycles. The number of hydrogen-bond donors (Lipinski definition) is 0. The fraction of sp³-hybridized carbons (Fsp3) is 0.367. The van der Waals surface area contributed by atoms with Gasteiger partial charge in [0, 0.05) is 5.56 Å². The molecule has 0 heterocycles. The van der Waals surface area contributed by atoms with Gasteiger partial charge in [0.15, 0.2) is 0 Å². The summed E-state index contributed by atoms with van der Waals surface area (Å²) < 4.78 is 14.7. The van der Waals surface area contributed by atoms with Crippen molar-refractivity contribution in [1.29, 1.82) is 5.26 Å². The van der Waals surface area contributed by atoms with E-state index in [1.165, 1.54) is 49.7 Å². The van der Waals surface area contributed by atoms with Crippen molar-refractivity contribution in [2.24, 2.45) is 5.92 Å². The Hall–Kier alpha value is -2.92. The van der Waals surface area contributed by atoms with Gasteiger partial charge in [0.05, 0.1) is 11.6 Å². The van der Waals surface area contributed by atoms with E-state index < -0.39 is 0 Å². The van der Waals surface area contributed by atoms with Crippen molar-refractivity contribution >= 4 is 0 Å². The third-order valence-corrected chi connectivity index (χ3v) is 7.06. The zero-order valence-electron chi connectivity index (χ0n) is 19.0. The van der Waals surface area contributed by atoms with Crippen LogP contribution in [0.1, 0.15) is 73.6 Å². The third kappa shape index (κ3) is 5.46. The standard InChI is InChI=1S/C30H32FN/c1-2-3-22-6-13-26(14-7-22)27-15-8-23(9-16-27)4-5-24-12-19-29(30(31)20-24)28-17-10-25(21-32)11-18-28/h8-12,15-20,22,26H,2-7,13-14H2,1H3. The molecule has 2 heteroatoms. The lowest BCUT2D eigenvalue weighted by Gasteiger charge is -2.28. The maximum absolute atomic E-state index is 14.7. The lowest BCUT2D eigenvalue weighted by atomic mass is 9.77. The highest BCUT2D eigenvalue weighted by atomic mass is 19.1. The van der Waals surface area contributed by atoms with Crippen LogP contribution in [0, 0.1) is 23.1 Å². The van der Waals surface area contributed by atoms with Crippen LogP contribution in [0.5, 0.6) is 0 Å². The summed E-state index contributed by atoms with van der Waals surface area (Å²) in [5.74, 6) is 1.46. The van der Waals surface area contributed by atoms with Crippen LogP contribution in [0.15, 0.2) is 66.7 Å². The first-order chi connectivity index (χ1) is 15.7. The molecule has 0 bridgehead atoms. The molecule has 32 heavy (non-hydrogen) atoms. The van der Waals surface area contributed by atoms with Gasteiger partial charge in [0.2, 0.25) is 0 Å². The largest absolute Gasteiger partial charge is 0.206 e. The molecule has 0 spiro atoms. The molecule has 0 aromatic heterocycles. The summed E-state index contributed by atoms with van der Waals surface area (Å²) in [6, 6.07) is 23.8. The van der Waals surface area contributed by atoms with Crippen LogP contribution < -0.4 is 0 Å². The molecular weight excluding hydrogens is 393 g/mol. The number of nitrogens with zero attached hydrogens (tertiary/aromatic N) is 1. The zero-order valence-corrected chi connectivity index (χ0v) is 19.0. The van der Waals surface area contributed by atoms with Gasteiger partial charge >= 0.3 is 0 Å². The summed E-state index contributed by atoms with van der Waals surface area (Å²) in [6.45, 7) is 2.29. The Morgan fingerprint density at radius 1 is 0.844 bits per heavy atom. The SMILES string of the molecule is CCCC1CCC(c2ccc(CCc3ccc(-c4ccc(C#N)cc4)c(F)c3)cc2)CC1. The summed E-state index contributed by atoms with van der Waals surface area (Å²) in [5, 5.41) is 8.93. The van der Waals surface area contributed by atoms with E-state index in [4.69, 9.17) is 5.26 Å². The maximum Gasteiger partial charge on any atom is 0.131 e. The van der Waals surface area contributed by atoms with E-state index in [0.29, 0.717) is 11.1 Å². The Bertz CT molecular complexity index is 1050. The highest BCUT2D eigenvalue weighted by Gasteiger charge is 2.21. The van der Waals surface area contributed by atoms with E-state index in [-0.39, 0.29) is 5.82 Å². The number of halogens is 1. The van der Waals surface area contributed by atoms with Crippen molar-refractivity contribution in [2.75, 3.05) is 0 Å². The minimum atomic E-state index is -0.207. The summed E-state index contributed by atoms with van der Waals surface area (Å²) in [4.78, 5) is 0. The maximum atomic E-state index is 14.7. The van der Waals surface area contributed by atoms with Crippen LogP contribution in [0.3, 0.4) is 0 Å². The fourth-order valence-electron chi connectivity index (χ4n) is 5.11. The predicted molar refractivity (Wildman–Crippen MR) is 130 cm³/mol. The van der Waals surface area contributed by atoms with E-state index in [0.717, 1.165) is 35.8 Å². The molecular formula is C30H32FN. The van der Waals surface area contributed by atoms with Crippen LogP contribution in [0.2, 0.25) is 0 Å². The highest BCUT2D eigenvalue weighted by molar-refractivity contribution is 5.65. The van der Waals surface area contributed by atoms with Crippen LogP contribution in [0.4, 0.5) is 4.39 Å². The Kier molecular flexibility index (Phi) is 7.38. The molecule has 1 saturated carbocycles. The van der Waals surface area contributed by atoms with Gasteiger partial charge in [0.25, 0.3) is 0 Å². The van der Waals surface area contributed by atoms with Crippen molar-refractivity contribution in [3.63, 3.8) is 0 Å². The summed E-state index contributed by atoms with van der Waals surface area (Å²) in [7, 11) is 0. The smallest absolute Gasteiger partial charge is 0.131 e. The van der Waals surface area contributed by atoms with Crippen molar-refractivity contribution in [3.05, 3.63) is 94.8 Å². The monoisotopic (exact) mass is 425 g/mol. The number of nitriles is 1.